The molecule has 51 heavy (non-hydrogen) atoms. The number of carboxylic acid groups (broad SMARTS) is 1. The number of aromatic nitrogens is 4. The summed E-state index contributed by atoms with van der Waals surface area (Å²) in [6.07, 6.45) is -3.17. The Morgan fingerprint density at radius 2 is 1.88 bits per heavy atom. The van der Waals surface area contributed by atoms with Crippen molar-refractivity contribution in [2.45, 2.75) is 49.5 Å². The standard InChI is InChI=1S/C29H33ClF5N9O4.CH2O2/c1-42(27(48)40-19-11-36-13-21(19)45)8-4-3-7-37-25(46)16-6-5-15(9-18(16)30)39-26(47)24-38-12-20(43(24)2)17-14-44(22-10-28(22,31)32)41-23(17)29(33,34)35;2-1-3/h5-6,9,12,14,19,21-22,36,45H,3-4,7-8,10-11,13H2,1-2H3,(H,37,46)(H,39,47)(H,40,48);1H,(H,2,3)/t19-,21-,22+;/m0./s1. The van der Waals surface area contributed by atoms with Gasteiger partial charge in [-0.1, -0.05) is 11.6 Å². The van der Waals surface area contributed by atoms with E-state index in [1.54, 1.807) is 7.05 Å². The Balaban J connectivity index is 0.00000188. The first-order valence-corrected chi connectivity index (χ1v) is 15.8. The normalized spacial score (nSPS) is 19.0. The maximum atomic E-state index is 13.7. The van der Waals surface area contributed by atoms with Crippen molar-refractivity contribution in [1.29, 1.82) is 0 Å². The minimum Gasteiger partial charge on any atom is -0.483 e. The highest BCUT2D eigenvalue weighted by Gasteiger charge is 2.59. The van der Waals surface area contributed by atoms with Crippen LogP contribution >= 0.6 is 11.6 Å². The number of β-amino-alcohol motifs (C(OH)–C–C–N with tert-alkyl or cyclic N) is 1. The van der Waals surface area contributed by atoms with Crippen molar-refractivity contribution in [1.82, 2.24) is 40.2 Å². The maximum Gasteiger partial charge on any atom is 0.435 e. The van der Waals surface area contributed by atoms with Gasteiger partial charge in [-0.2, -0.15) is 18.3 Å². The van der Waals surface area contributed by atoms with Crippen LogP contribution in [0.5, 0.6) is 0 Å². The van der Waals surface area contributed by atoms with Crippen LogP contribution in [0.25, 0.3) is 11.3 Å². The molecule has 0 radical (unpaired) electrons. The largest absolute Gasteiger partial charge is 0.483 e. The van der Waals surface area contributed by atoms with Crippen LogP contribution in [0.4, 0.5) is 32.4 Å². The number of nitrogens with one attached hydrogen (secondary N) is 4. The number of amides is 4. The van der Waals surface area contributed by atoms with Crippen molar-refractivity contribution < 1.29 is 51.3 Å². The van der Waals surface area contributed by atoms with E-state index in [4.69, 9.17) is 21.5 Å². The maximum absolute atomic E-state index is 13.7. The van der Waals surface area contributed by atoms with E-state index in [-0.39, 0.29) is 46.3 Å². The molecule has 0 unspecified atom stereocenters. The van der Waals surface area contributed by atoms with Crippen LogP contribution in [-0.4, -0.2) is 110 Å². The molecule has 15 nitrogen and oxygen atoms in total. The number of urea groups is 1. The van der Waals surface area contributed by atoms with E-state index in [1.807, 2.05) is 0 Å². The number of halogens is 6. The van der Waals surface area contributed by atoms with Crippen LogP contribution in [-0.2, 0) is 18.0 Å². The summed E-state index contributed by atoms with van der Waals surface area (Å²) in [7, 11) is 2.93. The molecule has 3 aromatic rings. The number of hydrogen-bond acceptors (Lipinski definition) is 8. The summed E-state index contributed by atoms with van der Waals surface area (Å²) in [6.45, 7) is 1.39. The number of aliphatic hydroxyl groups is 1. The van der Waals surface area contributed by atoms with Gasteiger partial charge in [0.2, 0.25) is 0 Å². The number of unbranched alkanes of at least 4 members (excludes halogenated alkanes) is 1. The van der Waals surface area contributed by atoms with Gasteiger partial charge in [0, 0.05) is 58.6 Å². The second-order valence-electron chi connectivity index (χ2n) is 11.8. The minimum atomic E-state index is -4.95. The van der Waals surface area contributed by atoms with E-state index in [0.29, 0.717) is 43.7 Å². The van der Waals surface area contributed by atoms with Crippen molar-refractivity contribution in [2.75, 3.05) is 38.5 Å². The average molecular weight is 748 g/mol. The van der Waals surface area contributed by atoms with Crippen LogP contribution in [0, 0.1) is 0 Å². The number of nitrogens with zero attached hydrogens (tertiary/aromatic N) is 5. The Labute approximate surface area is 292 Å². The van der Waals surface area contributed by atoms with Crippen molar-refractivity contribution >= 4 is 41.6 Å². The average Bonchev–Trinajstić information content (AvgIpc) is 3.43. The van der Waals surface area contributed by atoms with Crippen LogP contribution < -0.4 is 21.3 Å². The molecule has 2 aromatic heterocycles. The van der Waals surface area contributed by atoms with Crippen molar-refractivity contribution in [3.8, 4) is 11.3 Å². The number of benzene rings is 1. The van der Waals surface area contributed by atoms with E-state index >= 15 is 0 Å². The molecule has 0 spiro atoms. The molecule has 3 atom stereocenters. The van der Waals surface area contributed by atoms with E-state index in [9.17, 15) is 41.4 Å². The molecular weight excluding hydrogens is 713 g/mol. The van der Waals surface area contributed by atoms with Gasteiger partial charge in [0.25, 0.3) is 24.2 Å². The van der Waals surface area contributed by atoms with E-state index in [0.717, 1.165) is 17.0 Å². The predicted molar refractivity (Wildman–Crippen MR) is 172 cm³/mol. The second kappa shape index (κ2) is 16.0. The lowest BCUT2D eigenvalue weighted by Crippen LogP contribution is -2.48. The quantitative estimate of drug-likeness (QED) is 0.0971. The van der Waals surface area contributed by atoms with Gasteiger partial charge in [-0.25, -0.2) is 18.6 Å². The van der Waals surface area contributed by atoms with Gasteiger partial charge in [-0.3, -0.25) is 19.1 Å². The van der Waals surface area contributed by atoms with Crippen LogP contribution in [0.2, 0.25) is 5.02 Å². The molecule has 5 rings (SSSR count). The number of carbonyl (C=O) groups is 4. The zero-order chi connectivity index (χ0) is 37.7. The Hall–Kier alpha value is -4.82. The Morgan fingerprint density at radius 3 is 2.47 bits per heavy atom. The number of hydrogen-bond donors (Lipinski definition) is 6. The summed E-state index contributed by atoms with van der Waals surface area (Å²) in [5, 5.41) is 31.1. The molecular formula is C30H35ClF5N9O6. The highest BCUT2D eigenvalue weighted by atomic mass is 35.5. The Bertz CT molecular complexity index is 1750. The SMILES string of the molecule is CN(CCCCNC(=O)c1ccc(NC(=O)c2ncc(-c3cn([C@@H]4CC4(F)F)nc3C(F)(F)F)n2C)cc1Cl)C(=O)N[C@H]1CNC[C@@H]1O.O=CO. The van der Waals surface area contributed by atoms with Gasteiger partial charge < -0.3 is 40.9 Å². The predicted octanol–water partition coefficient (Wildman–Crippen LogP) is 2.97. The minimum absolute atomic E-state index is 0.0185. The summed E-state index contributed by atoms with van der Waals surface area (Å²) in [5.74, 6) is -4.71. The number of aliphatic hydroxyl groups excluding tert-OH is 1. The molecule has 1 saturated carbocycles. The molecule has 0 bridgehead atoms. The highest BCUT2D eigenvalue weighted by Crippen LogP contribution is 2.53. The molecule has 1 aliphatic carbocycles. The summed E-state index contributed by atoms with van der Waals surface area (Å²) in [4.78, 5) is 51.7. The van der Waals surface area contributed by atoms with Gasteiger partial charge in [0.15, 0.2) is 11.5 Å². The van der Waals surface area contributed by atoms with Crippen LogP contribution in [0.3, 0.4) is 0 Å². The lowest BCUT2D eigenvalue weighted by atomic mass is 10.2. The fourth-order valence-electron chi connectivity index (χ4n) is 5.22. The first-order chi connectivity index (χ1) is 24.0. The Kier molecular flexibility index (Phi) is 12.2. The van der Waals surface area contributed by atoms with Crippen molar-refractivity contribution in [3.63, 3.8) is 0 Å². The topological polar surface area (TPSA) is 196 Å². The molecule has 278 valence electrons. The molecule has 4 amide bonds. The fourth-order valence-corrected chi connectivity index (χ4v) is 5.49. The lowest BCUT2D eigenvalue weighted by Gasteiger charge is -2.22. The molecule has 1 aromatic carbocycles. The number of rotatable bonds is 11. The molecule has 6 N–H and O–H groups in total. The monoisotopic (exact) mass is 747 g/mol. The van der Waals surface area contributed by atoms with Gasteiger partial charge in [-0.15, -0.1) is 0 Å². The number of alkyl halides is 5. The van der Waals surface area contributed by atoms with Crippen molar-refractivity contribution in [2.24, 2.45) is 7.05 Å². The van der Waals surface area contributed by atoms with Gasteiger partial charge in [-0.05, 0) is 31.0 Å². The van der Waals surface area contributed by atoms with E-state index in [1.165, 1.54) is 30.1 Å². The van der Waals surface area contributed by atoms with Gasteiger partial charge >= 0.3 is 12.2 Å². The van der Waals surface area contributed by atoms with Crippen LogP contribution in [0.1, 0.15) is 52.0 Å². The number of anilines is 1. The highest BCUT2D eigenvalue weighted by molar-refractivity contribution is 6.34. The van der Waals surface area contributed by atoms with E-state index in [2.05, 4.69) is 31.3 Å². The summed E-state index contributed by atoms with van der Waals surface area (Å²) in [6, 6.07) is 1.98. The molecule has 3 heterocycles. The second-order valence-corrected chi connectivity index (χ2v) is 12.2. The number of carbonyl (C=O) groups excluding carboxylic acids is 3. The van der Waals surface area contributed by atoms with Gasteiger partial charge in [0.05, 0.1) is 40.2 Å². The molecule has 1 saturated heterocycles. The zero-order valence-electron chi connectivity index (χ0n) is 27.2. The third kappa shape index (κ3) is 9.50. The van der Waals surface area contributed by atoms with Crippen molar-refractivity contribution in [3.05, 3.63) is 52.7 Å². The third-order valence-electron chi connectivity index (χ3n) is 8.10. The summed E-state index contributed by atoms with van der Waals surface area (Å²) >= 11 is 6.30. The van der Waals surface area contributed by atoms with Gasteiger partial charge in [0.1, 0.15) is 6.04 Å². The Morgan fingerprint density at radius 1 is 1.20 bits per heavy atom. The first-order valence-electron chi connectivity index (χ1n) is 15.4. The fraction of sp³-hybridized carbons (Fsp3) is 0.467. The zero-order valence-corrected chi connectivity index (χ0v) is 27.9. The molecule has 2 fully saturated rings. The molecule has 21 heteroatoms. The number of imidazole rings is 1. The smallest absolute Gasteiger partial charge is 0.435 e. The molecule has 2 aliphatic rings. The lowest BCUT2D eigenvalue weighted by molar-refractivity contribution is -0.141. The van der Waals surface area contributed by atoms with E-state index < -0.39 is 53.7 Å². The summed E-state index contributed by atoms with van der Waals surface area (Å²) < 4.78 is 69.9. The molecule has 1 aliphatic heterocycles. The third-order valence-corrected chi connectivity index (χ3v) is 8.41. The first kappa shape index (κ1) is 39.0. The van der Waals surface area contributed by atoms with Crippen LogP contribution in [0.15, 0.2) is 30.6 Å². The summed E-state index contributed by atoms with van der Waals surface area (Å²) in [5.41, 5.74) is -1.74.